The van der Waals surface area contributed by atoms with Crippen molar-refractivity contribution in [2.45, 2.75) is 37.6 Å². The van der Waals surface area contributed by atoms with Crippen LogP contribution in [0.15, 0.2) is 54.7 Å². The van der Waals surface area contributed by atoms with Crippen LogP contribution >= 0.6 is 0 Å². The minimum atomic E-state index is -1.02. The minimum Gasteiger partial charge on any atom is -0.480 e. The summed E-state index contributed by atoms with van der Waals surface area (Å²) < 4.78 is 0. The second-order valence-corrected chi connectivity index (χ2v) is 7.11. The molecule has 0 saturated heterocycles. The van der Waals surface area contributed by atoms with Crippen LogP contribution in [0.4, 0.5) is 0 Å². The van der Waals surface area contributed by atoms with Crippen LogP contribution < -0.4 is 5.32 Å². The summed E-state index contributed by atoms with van der Waals surface area (Å²) >= 11 is 0. The number of aryl methyl sites for hydroxylation is 1. The molecule has 0 aliphatic heterocycles. The van der Waals surface area contributed by atoms with Crippen LogP contribution in [-0.4, -0.2) is 28.0 Å². The van der Waals surface area contributed by atoms with E-state index in [0.29, 0.717) is 0 Å². The normalized spacial score (nSPS) is 17.3. The molecule has 0 bridgehead atoms. The molecule has 5 nitrogen and oxygen atoms in total. The average molecular weight is 362 g/mol. The number of fused-ring (bicyclic) bond motifs is 2. The molecule has 0 saturated carbocycles. The fourth-order valence-electron chi connectivity index (χ4n) is 4.02. The molecule has 4 rings (SSSR count). The van der Waals surface area contributed by atoms with Gasteiger partial charge in [0.1, 0.15) is 6.04 Å². The number of hydrogen-bond acceptors (Lipinski definition) is 2. The van der Waals surface area contributed by atoms with Crippen molar-refractivity contribution in [2.75, 3.05) is 0 Å². The van der Waals surface area contributed by atoms with Gasteiger partial charge >= 0.3 is 5.97 Å². The van der Waals surface area contributed by atoms with Gasteiger partial charge in [-0.2, -0.15) is 0 Å². The second-order valence-electron chi connectivity index (χ2n) is 7.11. The number of rotatable bonds is 5. The number of aliphatic carboxylic acids is 1. The standard InChI is InChI=1S/C22H22N2O3/c25-21(18-10-5-7-14-6-1-2-8-16(14)18)24-20(22(26)27)12-15-13-23-19-11-4-3-9-17(15)19/h1-4,6,8-9,11,13,18,20,23H,5,7,10,12H2,(H,24,25)(H,26,27)/t18-,20-/m0/s1. The zero-order chi connectivity index (χ0) is 18.8. The van der Waals surface area contributed by atoms with Crippen LogP contribution in [0.25, 0.3) is 10.9 Å². The summed E-state index contributed by atoms with van der Waals surface area (Å²) in [5.41, 5.74) is 4.07. The first-order valence-electron chi connectivity index (χ1n) is 9.29. The molecule has 3 N–H and O–H groups in total. The first-order chi connectivity index (χ1) is 13.1. The van der Waals surface area contributed by atoms with E-state index in [2.05, 4.69) is 16.4 Å². The lowest BCUT2D eigenvalue weighted by Gasteiger charge is -2.26. The molecule has 1 aromatic heterocycles. The smallest absolute Gasteiger partial charge is 0.326 e. The number of carbonyl (C=O) groups is 2. The Labute approximate surface area is 157 Å². The molecule has 1 aliphatic rings. The monoisotopic (exact) mass is 362 g/mol. The van der Waals surface area contributed by atoms with Gasteiger partial charge in [-0.1, -0.05) is 42.5 Å². The third-order valence-electron chi connectivity index (χ3n) is 5.40. The minimum absolute atomic E-state index is 0.200. The van der Waals surface area contributed by atoms with Crippen LogP contribution in [0.3, 0.4) is 0 Å². The van der Waals surface area contributed by atoms with Gasteiger partial charge in [0.2, 0.25) is 5.91 Å². The Balaban J connectivity index is 1.54. The van der Waals surface area contributed by atoms with Gasteiger partial charge in [-0.3, -0.25) is 4.79 Å². The van der Waals surface area contributed by atoms with Crippen molar-refractivity contribution in [3.8, 4) is 0 Å². The Morgan fingerprint density at radius 1 is 1.15 bits per heavy atom. The number of hydrogen-bond donors (Lipinski definition) is 3. The summed E-state index contributed by atoms with van der Waals surface area (Å²) in [5.74, 6) is -1.49. The molecule has 0 unspecified atom stereocenters. The number of amides is 1. The third kappa shape index (κ3) is 3.45. The molecule has 0 fully saturated rings. The zero-order valence-electron chi connectivity index (χ0n) is 14.9. The number of H-pyrrole nitrogens is 1. The highest BCUT2D eigenvalue weighted by Crippen LogP contribution is 2.31. The molecule has 138 valence electrons. The van der Waals surface area contributed by atoms with Gasteiger partial charge in [0.15, 0.2) is 0 Å². The quantitative estimate of drug-likeness (QED) is 0.651. The number of aromatic amines is 1. The van der Waals surface area contributed by atoms with Gasteiger partial charge in [-0.05, 0) is 42.0 Å². The fourth-order valence-corrected chi connectivity index (χ4v) is 4.02. The van der Waals surface area contributed by atoms with Crippen molar-refractivity contribution < 1.29 is 14.7 Å². The highest BCUT2D eigenvalue weighted by Gasteiger charge is 2.30. The topological polar surface area (TPSA) is 82.2 Å². The van der Waals surface area contributed by atoms with Crippen molar-refractivity contribution in [1.82, 2.24) is 10.3 Å². The van der Waals surface area contributed by atoms with Gasteiger partial charge in [-0.15, -0.1) is 0 Å². The predicted molar refractivity (Wildman–Crippen MR) is 104 cm³/mol. The lowest BCUT2D eigenvalue weighted by molar-refractivity contribution is -0.142. The molecular weight excluding hydrogens is 340 g/mol. The Bertz CT molecular complexity index is 992. The van der Waals surface area contributed by atoms with Crippen LogP contribution in [0, 0.1) is 0 Å². The molecule has 5 heteroatoms. The Kier molecular flexibility index (Phi) is 4.67. The summed E-state index contributed by atoms with van der Waals surface area (Å²) in [4.78, 5) is 27.8. The van der Waals surface area contributed by atoms with Gasteiger partial charge in [0.25, 0.3) is 0 Å². The molecule has 1 amide bonds. The first kappa shape index (κ1) is 17.3. The van der Waals surface area contributed by atoms with E-state index in [4.69, 9.17) is 0 Å². The van der Waals surface area contributed by atoms with E-state index in [-0.39, 0.29) is 18.2 Å². The van der Waals surface area contributed by atoms with Crippen LogP contribution in [0.2, 0.25) is 0 Å². The molecule has 3 aromatic rings. The van der Waals surface area contributed by atoms with Crippen LogP contribution in [0.5, 0.6) is 0 Å². The summed E-state index contributed by atoms with van der Waals surface area (Å²) in [6.45, 7) is 0. The van der Waals surface area contributed by atoms with Crippen molar-refractivity contribution >= 4 is 22.8 Å². The van der Waals surface area contributed by atoms with E-state index in [9.17, 15) is 14.7 Å². The summed E-state index contributed by atoms with van der Waals surface area (Å²) in [6, 6.07) is 14.8. The van der Waals surface area contributed by atoms with E-state index in [1.165, 1.54) is 5.56 Å². The number of carbonyl (C=O) groups excluding carboxylic acids is 1. The lowest BCUT2D eigenvalue weighted by Crippen LogP contribution is -2.44. The van der Waals surface area contributed by atoms with Gasteiger partial charge < -0.3 is 15.4 Å². The van der Waals surface area contributed by atoms with Crippen molar-refractivity contribution in [3.63, 3.8) is 0 Å². The summed E-state index contributed by atoms with van der Waals surface area (Å²) in [7, 11) is 0. The lowest BCUT2D eigenvalue weighted by atomic mass is 9.82. The van der Waals surface area contributed by atoms with Crippen molar-refractivity contribution in [3.05, 3.63) is 71.4 Å². The largest absolute Gasteiger partial charge is 0.480 e. The Morgan fingerprint density at radius 3 is 2.78 bits per heavy atom. The van der Waals surface area contributed by atoms with E-state index in [1.54, 1.807) is 0 Å². The number of nitrogens with one attached hydrogen (secondary N) is 2. The highest BCUT2D eigenvalue weighted by molar-refractivity contribution is 5.89. The van der Waals surface area contributed by atoms with Crippen molar-refractivity contribution in [2.24, 2.45) is 0 Å². The summed E-state index contributed by atoms with van der Waals surface area (Å²) in [6.07, 6.45) is 4.73. The molecule has 2 atom stereocenters. The van der Waals surface area contributed by atoms with Crippen LogP contribution in [0.1, 0.15) is 35.4 Å². The molecule has 27 heavy (non-hydrogen) atoms. The Hall–Kier alpha value is -3.08. The molecule has 0 radical (unpaired) electrons. The molecular formula is C22H22N2O3. The second kappa shape index (κ2) is 7.27. The van der Waals surface area contributed by atoms with Gasteiger partial charge in [-0.25, -0.2) is 4.79 Å². The third-order valence-corrected chi connectivity index (χ3v) is 5.40. The number of carboxylic acid groups (broad SMARTS) is 1. The zero-order valence-corrected chi connectivity index (χ0v) is 14.9. The Morgan fingerprint density at radius 2 is 1.93 bits per heavy atom. The number of benzene rings is 2. The summed E-state index contributed by atoms with van der Waals surface area (Å²) in [5, 5.41) is 13.4. The first-order valence-corrected chi connectivity index (χ1v) is 9.29. The van der Waals surface area contributed by atoms with Gasteiger partial charge in [0, 0.05) is 23.5 Å². The number of aromatic nitrogens is 1. The maximum Gasteiger partial charge on any atom is 0.326 e. The maximum atomic E-state index is 12.9. The fraction of sp³-hybridized carbons (Fsp3) is 0.273. The number of carboxylic acids is 1. The SMILES string of the molecule is O=C(O)[C@H](Cc1c[nH]c2ccccc12)NC(=O)[C@H]1CCCc2ccccc21. The van der Waals surface area contributed by atoms with E-state index in [1.807, 2.05) is 48.7 Å². The maximum absolute atomic E-state index is 12.9. The molecule has 0 spiro atoms. The van der Waals surface area contributed by atoms with E-state index >= 15 is 0 Å². The predicted octanol–water partition coefficient (Wildman–Crippen LogP) is 3.40. The molecule has 1 aliphatic carbocycles. The van der Waals surface area contributed by atoms with Crippen molar-refractivity contribution in [1.29, 1.82) is 0 Å². The van der Waals surface area contributed by atoms with Crippen LogP contribution in [-0.2, 0) is 22.4 Å². The van der Waals surface area contributed by atoms with E-state index in [0.717, 1.165) is 41.3 Å². The van der Waals surface area contributed by atoms with E-state index < -0.39 is 12.0 Å². The highest BCUT2D eigenvalue weighted by atomic mass is 16.4. The average Bonchev–Trinajstić information content (AvgIpc) is 3.10. The molecule has 2 aromatic carbocycles. The van der Waals surface area contributed by atoms with Gasteiger partial charge in [0.05, 0.1) is 5.92 Å². The number of para-hydroxylation sites is 1. The molecule has 1 heterocycles.